The summed E-state index contributed by atoms with van der Waals surface area (Å²) in [6, 6.07) is 11.5. The van der Waals surface area contributed by atoms with Gasteiger partial charge in [0.25, 0.3) is 0 Å². The van der Waals surface area contributed by atoms with Gasteiger partial charge in [-0.1, -0.05) is 6.07 Å². The third-order valence-corrected chi connectivity index (χ3v) is 6.38. The highest BCUT2D eigenvalue weighted by Crippen LogP contribution is 2.33. The van der Waals surface area contributed by atoms with Crippen LogP contribution >= 0.6 is 11.3 Å². The summed E-state index contributed by atoms with van der Waals surface area (Å²) in [7, 11) is 6.43. The van der Waals surface area contributed by atoms with E-state index in [1.165, 1.54) is 11.3 Å². The topological polar surface area (TPSA) is 83.3 Å². The van der Waals surface area contributed by atoms with Crippen molar-refractivity contribution in [2.45, 2.75) is 12.8 Å². The maximum absolute atomic E-state index is 12.6. The number of imidazole rings is 1. The smallest absolute Gasteiger partial charge is 0.225 e. The van der Waals surface area contributed by atoms with Gasteiger partial charge in [-0.2, -0.15) is 0 Å². The second kappa shape index (κ2) is 10.5. The van der Waals surface area contributed by atoms with Crippen molar-refractivity contribution in [3.05, 3.63) is 59.2 Å². The summed E-state index contributed by atoms with van der Waals surface area (Å²) >= 11 is 1.51. The first-order valence-corrected chi connectivity index (χ1v) is 11.6. The van der Waals surface area contributed by atoms with Crippen molar-refractivity contribution in [1.29, 1.82) is 0 Å². The van der Waals surface area contributed by atoms with Gasteiger partial charge in [0.2, 0.25) is 5.91 Å². The standard InChI is InChI=1S/C25H27N3O5S/c1-30-20-7-5-16(11-22(20)32-3)9-10-26-24(29)13-18-15-34-25-27-19(14-28(18)25)17-6-8-21(31-2)23(12-17)33-4/h5-8,11-12,14-15H,9-10,13H2,1-4H3,(H,26,29). The van der Waals surface area contributed by atoms with E-state index >= 15 is 0 Å². The monoisotopic (exact) mass is 481 g/mol. The molecule has 9 heteroatoms. The third kappa shape index (κ3) is 4.94. The van der Waals surface area contributed by atoms with Gasteiger partial charge in [0.05, 0.1) is 40.6 Å². The Hall–Kier alpha value is -3.72. The van der Waals surface area contributed by atoms with E-state index in [1.54, 1.807) is 28.4 Å². The molecule has 0 atom stereocenters. The Bertz CT molecular complexity index is 1300. The van der Waals surface area contributed by atoms with Crippen LogP contribution in [0.1, 0.15) is 11.3 Å². The molecule has 2 heterocycles. The van der Waals surface area contributed by atoms with Gasteiger partial charge < -0.3 is 24.3 Å². The van der Waals surface area contributed by atoms with Crippen LogP contribution < -0.4 is 24.3 Å². The number of thiazole rings is 1. The molecule has 2 aromatic heterocycles. The zero-order valence-electron chi connectivity index (χ0n) is 19.6. The number of nitrogens with one attached hydrogen (secondary N) is 1. The maximum Gasteiger partial charge on any atom is 0.225 e. The Morgan fingerprint density at radius 3 is 2.32 bits per heavy atom. The molecule has 2 aromatic carbocycles. The van der Waals surface area contributed by atoms with Crippen LogP contribution in [0.4, 0.5) is 0 Å². The maximum atomic E-state index is 12.6. The minimum absolute atomic E-state index is 0.0402. The van der Waals surface area contributed by atoms with E-state index in [0.29, 0.717) is 36.0 Å². The SMILES string of the molecule is COc1ccc(CCNC(=O)Cc2csc3nc(-c4ccc(OC)c(OC)c4)cn23)cc1OC. The number of rotatable bonds is 10. The van der Waals surface area contributed by atoms with Crippen LogP contribution in [0, 0.1) is 0 Å². The minimum Gasteiger partial charge on any atom is -0.493 e. The lowest BCUT2D eigenvalue weighted by Crippen LogP contribution is -2.27. The summed E-state index contributed by atoms with van der Waals surface area (Å²) in [5.74, 6) is 2.63. The molecule has 0 saturated heterocycles. The van der Waals surface area contributed by atoms with Crippen molar-refractivity contribution in [3.8, 4) is 34.3 Å². The average molecular weight is 482 g/mol. The number of carbonyl (C=O) groups excluding carboxylic acids is 1. The number of ether oxygens (including phenoxy) is 4. The summed E-state index contributed by atoms with van der Waals surface area (Å²) in [6.45, 7) is 0.530. The fourth-order valence-electron chi connectivity index (χ4n) is 3.70. The molecule has 0 bridgehead atoms. The molecule has 1 N–H and O–H groups in total. The van der Waals surface area contributed by atoms with Gasteiger partial charge >= 0.3 is 0 Å². The predicted octanol–water partition coefficient (Wildman–Crippen LogP) is 4.00. The summed E-state index contributed by atoms with van der Waals surface area (Å²) < 4.78 is 23.3. The number of aromatic nitrogens is 2. The van der Waals surface area contributed by atoms with Crippen LogP contribution in [0.5, 0.6) is 23.0 Å². The highest BCUT2D eigenvalue weighted by Gasteiger charge is 2.14. The molecule has 0 aliphatic rings. The van der Waals surface area contributed by atoms with Gasteiger partial charge in [-0.25, -0.2) is 4.98 Å². The Morgan fingerprint density at radius 2 is 1.62 bits per heavy atom. The minimum atomic E-state index is -0.0402. The van der Waals surface area contributed by atoms with Crippen LogP contribution in [-0.2, 0) is 17.6 Å². The number of methoxy groups -OCH3 is 4. The van der Waals surface area contributed by atoms with Crippen molar-refractivity contribution < 1.29 is 23.7 Å². The van der Waals surface area contributed by atoms with Crippen LogP contribution in [-0.4, -0.2) is 50.3 Å². The molecule has 0 aliphatic heterocycles. The Kier molecular flexibility index (Phi) is 7.22. The molecule has 4 aromatic rings. The molecule has 178 valence electrons. The van der Waals surface area contributed by atoms with E-state index in [9.17, 15) is 4.79 Å². The number of fused-ring (bicyclic) bond motifs is 1. The van der Waals surface area contributed by atoms with Gasteiger partial charge in [-0.3, -0.25) is 9.20 Å². The first kappa shape index (κ1) is 23.4. The average Bonchev–Trinajstić information content (AvgIpc) is 3.45. The molecule has 34 heavy (non-hydrogen) atoms. The quantitative estimate of drug-likeness (QED) is 0.369. The molecule has 0 aliphatic carbocycles. The first-order valence-electron chi connectivity index (χ1n) is 10.7. The summed E-state index contributed by atoms with van der Waals surface area (Å²) in [4.78, 5) is 18.1. The molecule has 0 fully saturated rings. The van der Waals surface area contributed by atoms with Gasteiger partial charge in [-0.05, 0) is 42.3 Å². The zero-order chi connectivity index (χ0) is 24.1. The van der Waals surface area contributed by atoms with E-state index in [1.807, 2.05) is 52.4 Å². The van der Waals surface area contributed by atoms with Crippen molar-refractivity contribution in [3.63, 3.8) is 0 Å². The number of nitrogens with zero attached hydrogens (tertiary/aromatic N) is 2. The van der Waals surface area contributed by atoms with E-state index in [4.69, 9.17) is 23.9 Å². The molecule has 0 unspecified atom stereocenters. The Morgan fingerprint density at radius 1 is 0.941 bits per heavy atom. The number of amides is 1. The van der Waals surface area contributed by atoms with Crippen LogP contribution in [0.2, 0.25) is 0 Å². The van der Waals surface area contributed by atoms with Crippen LogP contribution in [0.3, 0.4) is 0 Å². The van der Waals surface area contributed by atoms with E-state index in [2.05, 4.69) is 5.32 Å². The first-order chi connectivity index (χ1) is 16.6. The van der Waals surface area contributed by atoms with Crippen molar-refractivity contribution in [1.82, 2.24) is 14.7 Å². The molecule has 4 rings (SSSR count). The van der Waals surface area contributed by atoms with Crippen molar-refractivity contribution in [2.24, 2.45) is 0 Å². The van der Waals surface area contributed by atoms with Gasteiger partial charge in [0, 0.05) is 29.4 Å². The molecule has 1 amide bonds. The summed E-state index contributed by atoms with van der Waals surface area (Å²) in [6.07, 6.45) is 2.91. The third-order valence-electron chi connectivity index (χ3n) is 5.49. The highest BCUT2D eigenvalue weighted by molar-refractivity contribution is 7.15. The Balaban J connectivity index is 1.40. The normalized spacial score (nSPS) is 10.8. The molecular formula is C25H27N3O5S. The molecule has 8 nitrogen and oxygen atoms in total. The lowest BCUT2D eigenvalue weighted by atomic mass is 10.1. The van der Waals surface area contributed by atoms with E-state index in [-0.39, 0.29) is 12.3 Å². The van der Waals surface area contributed by atoms with E-state index < -0.39 is 0 Å². The fraction of sp³-hybridized carbons (Fsp3) is 0.280. The van der Waals surface area contributed by atoms with Crippen molar-refractivity contribution in [2.75, 3.05) is 35.0 Å². The Labute approximate surface area is 202 Å². The largest absolute Gasteiger partial charge is 0.493 e. The number of carbonyl (C=O) groups is 1. The zero-order valence-corrected chi connectivity index (χ0v) is 20.4. The van der Waals surface area contributed by atoms with Gasteiger partial charge in [0.1, 0.15) is 0 Å². The van der Waals surface area contributed by atoms with Crippen molar-refractivity contribution >= 4 is 22.2 Å². The number of benzene rings is 2. The van der Waals surface area contributed by atoms with Gasteiger partial charge in [-0.15, -0.1) is 11.3 Å². The number of hydrogen-bond acceptors (Lipinski definition) is 7. The predicted molar refractivity (Wildman–Crippen MR) is 132 cm³/mol. The lowest BCUT2D eigenvalue weighted by Gasteiger charge is -2.10. The molecule has 0 saturated carbocycles. The molecular weight excluding hydrogens is 454 g/mol. The van der Waals surface area contributed by atoms with Crippen LogP contribution in [0.15, 0.2) is 48.0 Å². The second-order valence-electron chi connectivity index (χ2n) is 7.54. The number of hydrogen-bond donors (Lipinski definition) is 1. The summed E-state index contributed by atoms with van der Waals surface area (Å²) in [5, 5.41) is 4.96. The molecule has 0 radical (unpaired) electrons. The van der Waals surface area contributed by atoms with E-state index in [0.717, 1.165) is 27.5 Å². The lowest BCUT2D eigenvalue weighted by molar-refractivity contribution is -0.120. The second-order valence-corrected chi connectivity index (χ2v) is 8.38. The molecule has 0 spiro atoms. The summed E-state index contributed by atoms with van der Waals surface area (Å²) in [5.41, 5.74) is 3.68. The highest BCUT2D eigenvalue weighted by atomic mass is 32.1. The van der Waals surface area contributed by atoms with Crippen LogP contribution in [0.25, 0.3) is 16.2 Å². The fourth-order valence-corrected chi connectivity index (χ4v) is 4.57. The van der Waals surface area contributed by atoms with Gasteiger partial charge in [0.15, 0.2) is 28.0 Å².